The summed E-state index contributed by atoms with van der Waals surface area (Å²) in [6, 6.07) is 13.4. The lowest BCUT2D eigenvalue weighted by atomic mass is 10.1. The molecule has 0 N–H and O–H groups in total. The maximum Gasteiger partial charge on any atom is 0.153 e. The van der Waals surface area contributed by atoms with Crippen LogP contribution in [0, 0.1) is 18.3 Å². The highest BCUT2D eigenvalue weighted by molar-refractivity contribution is 5.92. The van der Waals surface area contributed by atoms with Crippen LogP contribution in [0.3, 0.4) is 0 Å². The molecular weight excluding hydrogens is 302 g/mol. The van der Waals surface area contributed by atoms with Crippen LogP contribution in [0.15, 0.2) is 40.8 Å². The molecule has 0 saturated heterocycles. The highest BCUT2D eigenvalue weighted by Gasteiger charge is 2.16. The van der Waals surface area contributed by atoms with Crippen LogP contribution in [0.25, 0.3) is 22.3 Å². The SMILES string of the molecule is CC.COc1ccc(-c2oc3c(C#N)cc(OC)cc3c2C)cc1. The summed E-state index contributed by atoms with van der Waals surface area (Å²) in [6.07, 6.45) is 0. The van der Waals surface area contributed by atoms with Crippen LogP contribution in [0.4, 0.5) is 0 Å². The van der Waals surface area contributed by atoms with Crippen molar-refractivity contribution in [1.29, 1.82) is 5.26 Å². The van der Waals surface area contributed by atoms with E-state index in [1.165, 1.54) is 0 Å². The Kier molecular flexibility index (Phi) is 5.49. The molecular formula is C20H21NO3. The number of fused-ring (bicyclic) bond motifs is 1. The Morgan fingerprint density at radius 2 is 1.58 bits per heavy atom. The topological polar surface area (TPSA) is 55.4 Å². The third-order valence-electron chi connectivity index (χ3n) is 3.72. The Bertz CT molecular complexity index is 871. The van der Waals surface area contributed by atoms with E-state index in [1.807, 2.05) is 51.1 Å². The fraction of sp³-hybridized carbons (Fsp3) is 0.250. The smallest absolute Gasteiger partial charge is 0.153 e. The van der Waals surface area contributed by atoms with Crippen molar-refractivity contribution in [2.75, 3.05) is 14.2 Å². The van der Waals surface area contributed by atoms with Crippen molar-refractivity contribution in [3.05, 3.63) is 47.5 Å². The molecule has 4 heteroatoms. The number of hydrogen-bond donors (Lipinski definition) is 0. The highest BCUT2D eigenvalue weighted by atomic mass is 16.5. The van der Waals surface area contributed by atoms with Crippen molar-refractivity contribution in [2.45, 2.75) is 20.8 Å². The van der Waals surface area contributed by atoms with E-state index >= 15 is 0 Å². The highest BCUT2D eigenvalue weighted by Crippen LogP contribution is 2.37. The van der Waals surface area contributed by atoms with Crippen LogP contribution >= 0.6 is 0 Å². The van der Waals surface area contributed by atoms with Gasteiger partial charge in [-0.15, -0.1) is 0 Å². The number of ether oxygens (including phenoxy) is 2. The van der Waals surface area contributed by atoms with Gasteiger partial charge in [0, 0.05) is 22.6 Å². The van der Waals surface area contributed by atoms with Gasteiger partial charge in [-0.3, -0.25) is 0 Å². The number of benzene rings is 2. The van der Waals surface area contributed by atoms with E-state index in [4.69, 9.17) is 13.9 Å². The van der Waals surface area contributed by atoms with Gasteiger partial charge in [0.2, 0.25) is 0 Å². The van der Waals surface area contributed by atoms with E-state index in [2.05, 4.69) is 6.07 Å². The molecule has 0 aliphatic carbocycles. The van der Waals surface area contributed by atoms with Gasteiger partial charge in [0.1, 0.15) is 23.3 Å². The van der Waals surface area contributed by atoms with Crippen molar-refractivity contribution in [3.63, 3.8) is 0 Å². The Hall–Kier alpha value is -2.93. The van der Waals surface area contributed by atoms with E-state index in [9.17, 15) is 5.26 Å². The lowest BCUT2D eigenvalue weighted by Crippen LogP contribution is -1.85. The van der Waals surface area contributed by atoms with E-state index < -0.39 is 0 Å². The van der Waals surface area contributed by atoms with Crippen molar-refractivity contribution in [3.8, 4) is 28.9 Å². The van der Waals surface area contributed by atoms with Crippen molar-refractivity contribution >= 4 is 11.0 Å². The molecule has 24 heavy (non-hydrogen) atoms. The van der Waals surface area contributed by atoms with Gasteiger partial charge in [-0.2, -0.15) is 5.26 Å². The summed E-state index contributed by atoms with van der Waals surface area (Å²) in [5, 5.41) is 10.2. The first-order chi connectivity index (χ1) is 11.7. The standard InChI is InChI=1S/C18H15NO3.C2H6/c1-11-16-9-15(21-3)8-13(10-19)18(16)22-17(11)12-4-6-14(20-2)7-5-12;1-2/h4-9H,1-3H3;1-2H3. The first-order valence-corrected chi connectivity index (χ1v) is 7.83. The van der Waals surface area contributed by atoms with Gasteiger partial charge in [0.15, 0.2) is 5.58 Å². The minimum absolute atomic E-state index is 0.470. The molecule has 0 fully saturated rings. The van der Waals surface area contributed by atoms with Crippen LogP contribution in [-0.2, 0) is 0 Å². The molecule has 0 aliphatic heterocycles. The van der Waals surface area contributed by atoms with Crippen LogP contribution in [0.5, 0.6) is 11.5 Å². The third-order valence-corrected chi connectivity index (χ3v) is 3.72. The Morgan fingerprint density at radius 3 is 2.12 bits per heavy atom. The number of hydrogen-bond acceptors (Lipinski definition) is 4. The predicted octanol–water partition coefficient (Wildman–Crippen LogP) is 5.32. The number of furan rings is 1. The first-order valence-electron chi connectivity index (χ1n) is 7.83. The molecule has 124 valence electrons. The first kappa shape index (κ1) is 17.4. The molecule has 0 radical (unpaired) electrons. The summed E-state index contributed by atoms with van der Waals surface area (Å²) < 4.78 is 16.4. The van der Waals surface area contributed by atoms with Gasteiger partial charge in [-0.1, -0.05) is 13.8 Å². The van der Waals surface area contributed by atoms with Crippen LogP contribution < -0.4 is 9.47 Å². The molecule has 0 unspecified atom stereocenters. The zero-order valence-electron chi connectivity index (χ0n) is 14.6. The molecule has 3 aromatic rings. The van der Waals surface area contributed by atoms with E-state index in [0.717, 1.165) is 28.0 Å². The Labute approximate surface area is 142 Å². The average Bonchev–Trinajstić information content (AvgIpc) is 2.99. The lowest BCUT2D eigenvalue weighted by molar-refractivity contribution is 0.414. The Balaban J connectivity index is 0.00000100. The number of rotatable bonds is 3. The Morgan fingerprint density at radius 1 is 0.958 bits per heavy atom. The molecule has 1 aromatic heterocycles. The predicted molar refractivity (Wildman–Crippen MR) is 95.6 cm³/mol. The molecule has 0 saturated carbocycles. The quantitative estimate of drug-likeness (QED) is 0.654. The molecule has 0 aliphatic rings. The van der Waals surface area contributed by atoms with Crippen molar-refractivity contribution < 1.29 is 13.9 Å². The van der Waals surface area contributed by atoms with Gasteiger partial charge in [-0.05, 0) is 37.3 Å². The van der Waals surface area contributed by atoms with Crippen molar-refractivity contribution in [2.24, 2.45) is 0 Å². The van der Waals surface area contributed by atoms with E-state index in [-0.39, 0.29) is 0 Å². The van der Waals surface area contributed by atoms with Gasteiger partial charge >= 0.3 is 0 Å². The lowest BCUT2D eigenvalue weighted by Gasteiger charge is -2.01. The summed E-state index contributed by atoms with van der Waals surface area (Å²) in [5.41, 5.74) is 2.98. The van der Waals surface area contributed by atoms with Crippen LogP contribution in [0.2, 0.25) is 0 Å². The summed E-state index contributed by atoms with van der Waals surface area (Å²) in [6.45, 7) is 5.98. The molecule has 3 rings (SSSR count). The number of nitriles is 1. The molecule has 0 atom stereocenters. The molecule has 0 spiro atoms. The van der Waals surface area contributed by atoms with Gasteiger partial charge in [0.05, 0.1) is 19.8 Å². The normalized spacial score (nSPS) is 9.83. The third kappa shape index (κ3) is 3.07. The molecule has 4 nitrogen and oxygen atoms in total. The van der Waals surface area contributed by atoms with Crippen molar-refractivity contribution in [1.82, 2.24) is 0 Å². The van der Waals surface area contributed by atoms with Gasteiger partial charge < -0.3 is 13.9 Å². The minimum atomic E-state index is 0.470. The largest absolute Gasteiger partial charge is 0.497 e. The minimum Gasteiger partial charge on any atom is -0.497 e. The van der Waals surface area contributed by atoms with E-state index in [0.29, 0.717) is 16.9 Å². The van der Waals surface area contributed by atoms with Gasteiger partial charge in [0.25, 0.3) is 0 Å². The maximum absolute atomic E-state index is 9.31. The van der Waals surface area contributed by atoms with Gasteiger partial charge in [-0.25, -0.2) is 0 Å². The molecule has 1 heterocycles. The second-order valence-corrected chi connectivity index (χ2v) is 4.95. The monoisotopic (exact) mass is 323 g/mol. The fourth-order valence-corrected chi connectivity index (χ4v) is 2.51. The zero-order chi connectivity index (χ0) is 17.7. The summed E-state index contributed by atoms with van der Waals surface area (Å²) >= 11 is 0. The van der Waals surface area contributed by atoms with Crippen LogP contribution in [-0.4, -0.2) is 14.2 Å². The number of aryl methyl sites for hydroxylation is 1. The second kappa shape index (κ2) is 7.56. The summed E-state index contributed by atoms with van der Waals surface area (Å²) in [5.74, 6) is 2.19. The number of methoxy groups -OCH3 is 2. The van der Waals surface area contributed by atoms with E-state index in [1.54, 1.807) is 20.3 Å². The molecule has 0 amide bonds. The van der Waals surface area contributed by atoms with Crippen LogP contribution in [0.1, 0.15) is 25.0 Å². The fourth-order valence-electron chi connectivity index (χ4n) is 2.51. The zero-order valence-corrected chi connectivity index (χ0v) is 14.6. The average molecular weight is 323 g/mol. The second-order valence-electron chi connectivity index (χ2n) is 4.95. The summed E-state index contributed by atoms with van der Waals surface area (Å²) in [4.78, 5) is 0. The summed E-state index contributed by atoms with van der Waals surface area (Å²) in [7, 11) is 3.22. The number of nitrogens with zero attached hydrogens (tertiary/aromatic N) is 1. The maximum atomic E-state index is 9.31. The molecule has 0 bridgehead atoms. The molecule has 2 aromatic carbocycles.